The maximum absolute atomic E-state index is 14.3. The summed E-state index contributed by atoms with van der Waals surface area (Å²) in [5.41, 5.74) is 4.21. The number of fused-ring (bicyclic) bond motifs is 14. The number of carbonyl (C=O) groups excluding carboxylic acids is 4. The van der Waals surface area contributed by atoms with Crippen molar-refractivity contribution in [1.29, 1.82) is 5.26 Å². The molecular formula is C62H57N7O15. The zero-order valence-electron chi connectivity index (χ0n) is 46.6. The van der Waals surface area contributed by atoms with Crippen LogP contribution in [0, 0.1) is 25.2 Å². The smallest absolute Gasteiger partial charge is 0.340 e. The van der Waals surface area contributed by atoms with Crippen LogP contribution in [0.5, 0.6) is 63.2 Å². The summed E-state index contributed by atoms with van der Waals surface area (Å²) < 4.78 is 41.4. The number of nitrogens with one attached hydrogen (secondary N) is 3. The Bertz CT molecular complexity index is 3960. The molecule has 5 atom stereocenters. The van der Waals surface area contributed by atoms with Crippen LogP contribution in [0.15, 0.2) is 84.9 Å². The Balaban J connectivity index is 0.722. The Labute approximate surface area is 480 Å². The quantitative estimate of drug-likeness (QED) is 0.0488. The van der Waals surface area contributed by atoms with Gasteiger partial charge in [0, 0.05) is 91.8 Å². The molecule has 22 nitrogen and oxygen atoms in total. The monoisotopic (exact) mass is 1140 g/mol. The number of esters is 1. The van der Waals surface area contributed by atoms with Gasteiger partial charge >= 0.3 is 5.97 Å². The number of phenolic OH excluding ortho intramolecular Hbond substituents is 4. The fourth-order valence-corrected chi connectivity index (χ4v) is 13.4. The predicted octanol–water partition coefficient (Wildman–Crippen LogP) is 6.36. The summed E-state index contributed by atoms with van der Waals surface area (Å²) >= 11 is 0. The van der Waals surface area contributed by atoms with Gasteiger partial charge in [-0.15, -0.1) is 0 Å². The first kappa shape index (κ1) is 54.6. The predicted molar refractivity (Wildman–Crippen MR) is 299 cm³/mol. The number of piperazine rings is 1. The van der Waals surface area contributed by atoms with Crippen molar-refractivity contribution in [3.63, 3.8) is 0 Å². The second-order valence-corrected chi connectivity index (χ2v) is 21.2. The Morgan fingerprint density at radius 1 is 0.726 bits per heavy atom. The molecule has 22 heteroatoms. The Morgan fingerprint density at radius 3 is 1.99 bits per heavy atom. The lowest BCUT2D eigenvalue weighted by Crippen LogP contribution is -2.68. The molecule has 0 unspecified atom stereocenters. The van der Waals surface area contributed by atoms with Gasteiger partial charge in [-0.25, -0.2) is 9.78 Å². The molecule has 5 aliphatic heterocycles. The third kappa shape index (κ3) is 8.39. The van der Waals surface area contributed by atoms with Crippen molar-refractivity contribution in [3.05, 3.63) is 152 Å². The minimum absolute atomic E-state index is 0.0237. The fourth-order valence-electron chi connectivity index (χ4n) is 13.4. The number of aromatic hydroxyl groups is 4. The van der Waals surface area contributed by atoms with Gasteiger partial charge in [0.1, 0.15) is 52.0 Å². The zero-order chi connectivity index (χ0) is 59.2. The Kier molecular flexibility index (Phi) is 13.5. The number of benzene rings is 6. The summed E-state index contributed by atoms with van der Waals surface area (Å²) in [7, 11) is 7.99. The molecule has 84 heavy (non-hydrogen) atoms. The van der Waals surface area contributed by atoms with E-state index in [-0.39, 0.29) is 82.5 Å². The molecule has 12 rings (SSSR count). The lowest BCUT2D eigenvalue weighted by atomic mass is 9.71. The number of hydrogen-bond acceptors (Lipinski definition) is 19. The van der Waals surface area contributed by atoms with Gasteiger partial charge in [-0.2, -0.15) is 5.26 Å². The molecule has 1 spiro atoms. The van der Waals surface area contributed by atoms with E-state index in [0.717, 1.165) is 5.56 Å². The molecule has 430 valence electrons. The lowest BCUT2D eigenvalue weighted by Gasteiger charge is -2.60. The van der Waals surface area contributed by atoms with Crippen molar-refractivity contribution in [3.8, 4) is 69.3 Å². The summed E-state index contributed by atoms with van der Waals surface area (Å²) in [5.74, 6) is -0.461. The van der Waals surface area contributed by atoms with Gasteiger partial charge < -0.3 is 69.5 Å². The highest BCUT2D eigenvalue weighted by atomic mass is 16.6. The molecule has 3 amide bonds. The molecule has 0 aliphatic carbocycles. The number of nitriles is 1. The molecule has 6 heterocycles. The molecule has 5 aliphatic rings. The molecule has 1 fully saturated rings. The summed E-state index contributed by atoms with van der Waals surface area (Å²) in [4.78, 5) is 63.0. The highest BCUT2D eigenvalue weighted by Gasteiger charge is 2.58. The highest BCUT2D eigenvalue weighted by molar-refractivity contribution is 6.02. The van der Waals surface area contributed by atoms with E-state index in [4.69, 9.17) is 33.2 Å². The molecule has 0 saturated carbocycles. The first-order chi connectivity index (χ1) is 40.5. The SMILES string of the molecule is COc1c(C)c(OC)c2c(c1O)[C@H]1[C@@H]3Cc4c(OC)c(C)c(OC)c(O)c4[C@H](CNC(=O)c4ccc5cc(OCNC(=O)CNC(=O)c6ccc7c(c6)C(=O)OC76c7ccc(O)cc7Oc7cc(O)ccc76)ccc5n4)N3[C@@H](C#N)[C@@H](C2)N1C. The highest BCUT2D eigenvalue weighted by Crippen LogP contribution is 2.60. The zero-order valence-corrected chi connectivity index (χ0v) is 46.6. The summed E-state index contributed by atoms with van der Waals surface area (Å²) in [6.45, 7) is 2.84. The van der Waals surface area contributed by atoms with Crippen LogP contribution in [0.25, 0.3) is 10.9 Å². The van der Waals surface area contributed by atoms with Crippen LogP contribution in [0.3, 0.4) is 0 Å². The molecule has 7 N–H and O–H groups in total. The van der Waals surface area contributed by atoms with Crippen LogP contribution in [-0.2, 0) is 28.0 Å². The van der Waals surface area contributed by atoms with Crippen molar-refractivity contribution in [2.45, 2.75) is 62.5 Å². The Hall–Kier alpha value is -9.98. The van der Waals surface area contributed by atoms with Gasteiger partial charge in [0.2, 0.25) is 5.91 Å². The largest absolute Gasteiger partial charge is 0.508 e. The summed E-state index contributed by atoms with van der Waals surface area (Å²) in [6, 6.07) is 21.1. The van der Waals surface area contributed by atoms with Gasteiger partial charge in [0.05, 0.1) is 64.2 Å². The van der Waals surface area contributed by atoms with Gasteiger partial charge in [-0.1, -0.05) is 12.1 Å². The first-order valence-corrected chi connectivity index (χ1v) is 26.9. The molecule has 0 radical (unpaired) electrons. The van der Waals surface area contributed by atoms with E-state index in [1.54, 1.807) is 69.7 Å². The number of methoxy groups -OCH3 is 4. The van der Waals surface area contributed by atoms with E-state index in [0.29, 0.717) is 79.1 Å². The normalized spacial score (nSPS) is 19.4. The van der Waals surface area contributed by atoms with E-state index < -0.39 is 66.0 Å². The number of phenols is 4. The molecule has 6 aromatic carbocycles. The molecular weight excluding hydrogens is 1080 g/mol. The number of ether oxygens (including phenoxy) is 7. The van der Waals surface area contributed by atoms with Crippen LogP contribution < -0.4 is 44.4 Å². The molecule has 2 bridgehead atoms. The van der Waals surface area contributed by atoms with Gasteiger partial charge in [-0.05, 0) is 94.4 Å². The average Bonchev–Trinajstić information content (AvgIpc) is 1.15. The van der Waals surface area contributed by atoms with E-state index in [1.807, 2.05) is 18.9 Å². The minimum Gasteiger partial charge on any atom is -0.508 e. The van der Waals surface area contributed by atoms with Crippen molar-refractivity contribution in [2.75, 3.05) is 55.3 Å². The van der Waals surface area contributed by atoms with E-state index >= 15 is 0 Å². The number of rotatable bonds is 13. The third-order valence-electron chi connectivity index (χ3n) is 17.0. The van der Waals surface area contributed by atoms with Gasteiger partial charge in [-0.3, -0.25) is 24.2 Å². The van der Waals surface area contributed by atoms with Crippen molar-refractivity contribution < 1.29 is 72.8 Å². The van der Waals surface area contributed by atoms with E-state index in [1.165, 1.54) is 50.6 Å². The van der Waals surface area contributed by atoms with Crippen LogP contribution in [-0.4, -0.2) is 132 Å². The number of nitrogens with zero attached hydrogens (tertiary/aromatic N) is 4. The molecule has 1 saturated heterocycles. The van der Waals surface area contributed by atoms with Crippen LogP contribution in [0.1, 0.15) is 93.4 Å². The number of aromatic nitrogens is 1. The van der Waals surface area contributed by atoms with Gasteiger partial charge in [0.25, 0.3) is 11.8 Å². The van der Waals surface area contributed by atoms with E-state index in [9.17, 15) is 44.9 Å². The molecule has 7 aromatic rings. The van der Waals surface area contributed by atoms with Gasteiger partial charge in [0.15, 0.2) is 35.3 Å². The number of carbonyl (C=O) groups is 4. The number of amides is 3. The number of hydrogen-bond donors (Lipinski definition) is 7. The second-order valence-electron chi connectivity index (χ2n) is 21.2. The average molecular weight is 1140 g/mol. The fraction of sp³-hybridized carbons (Fsp3) is 0.290. The van der Waals surface area contributed by atoms with E-state index in [2.05, 4.69) is 31.9 Å². The summed E-state index contributed by atoms with van der Waals surface area (Å²) in [6.07, 6.45) is 0.636. The topological polar surface area (TPSA) is 293 Å². The standard InChI is InChI=1S/C62H57N7O15/c1-28-55(78-4)36-23-44-52-51-37(56(79-5)29(2)58(81-7)54(51)74)22-43(68(52)3)45(24-63)69(44)46(50(36)53(73)57(28)80-6)25-64-60(76)42-16-9-30-18-34(12-17-41(30)67-42)82-27-66-49(72)26-65-59(75)31-8-13-38-35(19-31)61(77)84-62(38)39-14-10-32(70)20-47(39)83-48-21-33(71)11-15-40(48)62/h8-21,43-46,52,70-71,73-74H,22-23,25-27H2,1-7H3,(H,64,76)(H,65,75)(H,66,72)/t43-,44+,45+,46+,52-/m1/s1. The van der Waals surface area contributed by atoms with Crippen molar-refractivity contribution in [1.82, 2.24) is 30.7 Å². The van der Waals surface area contributed by atoms with Crippen LogP contribution >= 0.6 is 0 Å². The lowest BCUT2D eigenvalue weighted by molar-refractivity contribution is -0.121. The van der Waals surface area contributed by atoms with Crippen LogP contribution in [0.2, 0.25) is 0 Å². The number of likely N-dealkylation sites (N-methyl/N-ethyl adjacent to an activating group) is 1. The summed E-state index contributed by atoms with van der Waals surface area (Å²) in [5, 5.41) is 64.6. The number of pyridine rings is 1. The second kappa shape index (κ2) is 20.8. The van der Waals surface area contributed by atoms with Crippen LogP contribution in [0.4, 0.5) is 0 Å². The van der Waals surface area contributed by atoms with Crippen molar-refractivity contribution in [2.24, 2.45) is 0 Å². The maximum Gasteiger partial charge on any atom is 0.340 e. The first-order valence-electron chi connectivity index (χ1n) is 26.9. The third-order valence-corrected chi connectivity index (χ3v) is 17.0. The minimum atomic E-state index is -1.51. The molecule has 1 aromatic heterocycles. The van der Waals surface area contributed by atoms with Crippen molar-refractivity contribution >= 4 is 34.6 Å². The maximum atomic E-state index is 14.3. The Morgan fingerprint density at radius 2 is 1.35 bits per heavy atom.